The smallest absolute Gasteiger partial charge is 0.148 e. The van der Waals surface area contributed by atoms with Crippen molar-refractivity contribution in [2.24, 2.45) is 0 Å². The summed E-state index contributed by atoms with van der Waals surface area (Å²) in [6, 6.07) is 15.7. The minimum absolute atomic E-state index is 0.255. The summed E-state index contributed by atoms with van der Waals surface area (Å²) < 4.78 is 13.6. The summed E-state index contributed by atoms with van der Waals surface area (Å²) in [7, 11) is 0. The third kappa shape index (κ3) is 2.55. The van der Waals surface area contributed by atoms with Crippen LogP contribution in [0.2, 0.25) is 0 Å². The number of hydrogen-bond acceptors (Lipinski definition) is 2. The Morgan fingerprint density at radius 3 is 2.47 bits per heavy atom. The molecule has 2 N–H and O–H groups in total. The van der Waals surface area contributed by atoms with Crippen molar-refractivity contribution in [2.75, 3.05) is 10.6 Å². The molecule has 1 aliphatic carbocycles. The minimum Gasteiger partial charge on any atom is -0.395 e. The van der Waals surface area contributed by atoms with Crippen molar-refractivity contribution in [3.63, 3.8) is 0 Å². The zero-order valence-electron chi connectivity index (χ0n) is 10.7. The normalized spacial score (nSPS) is 14.4. The average Bonchev–Trinajstić information content (AvgIpc) is 3.25. The molecular weight excluding hydrogens is 239 g/mol. The molecule has 0 saturated heterocycles. The molecule has 0 radical (unpaired) electrons. The largest absolute Gasteiger partial charge is 0.395 e. The molecule has 0 amide bonds. The number of rotatable bonds is 4. The summed E-state index contributed by atoms with van der Waals surface area (Å²) in [5, 5.41) is 0. The number of nitrogens with two attached hydrogens (primary N) is 1. The first-order chi connectivity index (χ1) is 9.25. The highest BCUT2D eigenvalue weighted by Crippen LogP contribution is 2.36. The van der Waals surface area contributed by atoms with Crippen LogP contribution in [0.3, 0.4) is 0 Å². The molecule has 0 atom stereocenters. The van der Waals surface area contributed by atoms with Gasteiger partial charge in [0.15, 0.2) is 0 Å². The van der Waals surface area contributed by atoms with Crippen molar-refractivity contribution in [3.8, 4) is 0 Å². The molecule has 98 valence electrons. The van der Waals surface area contributed by atoms with Crippen molar-refractivity contribution in [1.29, 1.82) is 0 Å². The molecule has 0 aromatic heterocycles. The Hall–Kier alpha value is -2.03. The first-order valence-electron chi connectivity index (χ1n) is 6.60. The predicted molar refractivity (Wildman–Crippen MR) is 76.5 cm³/mol. The van der Waals surface area contributed by atoms with Crippen LogP contribution < -0.4 is 10.6 Å². The van der Waals surface area contributed by atoms with Crippen LogP contribution in [0.1, 0.15) is 18.4 Å². The molecule has 1 saturated carbocycles. The summed E-state index contributed by atoms with van der Waals surface area (Å²) in [5.74, 6) is -0.337. The molecule has 2 nitrogen and oxygen atoms in total. The quantitative estimate of drug-likeness (QED) is 0.847. The Kier molecular flexibility index (Phi) is 3.11. The van der Waals surface area contributed by atoms with Crippen LogP contribution in [0.4, 0.5) is 15.8 Å². The summed E-state index contributed by atoms with van der Waals surface area (Å²) in [4.78, 5) is 2.22. The van der Waals surface area contributed by atoms with E-state index in [0.717, 1.165) is 25.1 Å². The molecule has 1 aliphatic rings. The molecule has 2 aromatic rings. The SMILES string of the molecule is Nc1c(F)cccc1N(Cc1ccccc1)C1CC1. The molecule has 0 heterocycles. The summed E-state index contributed by atoms with van der Waals surface area (Å²) in [6.07, 6.45) is 2.31. The van der Waals surface area contributed by atoms with Crippen LogP contribution in [0, 0.1) is 5.82 Å². The van der Waals surface area contributed by atoms with E-state index in [2.05, 4.69) is 17.0 Å². The van der Waals surface area contributed by atoms with Gasteiger partial charge in [-0.2, -0.15) is 0 Å². The Balaban J connectivity index is 1.91. The zero-order valence-corrected chi connectivity index (χ0v) is 10.7. The molecule has 3 heteroatoms. The van der Waals surface area contributed by atoms with Crippen LogP contribution in [-0.2, 0) is 6.54 Å². The van der Waals surface area contributed by atoms with E-state index in [-0.39, 0.29) is 11.5 Å². The summed E-state index contributed by atoms with van der Waals surface area (Å²) in [6.45, 7) is 0.777. The number of halogens is 1. The predicted octanol–water partition coefficient (Wildman–Crippen LogP) is 3.58. The van der Waals surface area contributed by atoms with E-state index in [1.807, 2.05) is 24.3 Å². The van der Waals surface area contributed by atoms with E-state index in [9.17, 15) is 4.39 Å². The topological polar surface area (TPSA) is 29.3 Å². The maximum Gasteiger partial charge on any atom is 0.148 e. The average molecular weight is 256 g/mol. The Morgan fingerprint density at radius 2 is 1.79 bits per heavy atom. The first-order valence-corrected chi connectivity index (χ1v) is 6.60. The van der Waals surface area contributed by atoms with Crippen LogP contribution >= 0.6 is 0 Å². The van der Waals surface area contributed by atoms with Crippen LogP contribution in [0.5, 0.6) is 0 Å². The lowest BCUT2D eigenvalue weighted by Gasteiger charge is -2.26. The van der Waals surface area contributed by atoms with Crippen LogP contribution in [0.25, 0.3) is 0 Å². The van der Waals surface area contributed by atoms with E-state index in [4.69, 9.17) is 5.73 Å². The number of benzene rings is 2. The van der Waals surface area contributed by atoms with Gasteiger partial charge in [0.1, 0.15) is 5.82 Å². The molecule has 0 unspecified atom stereocenters. The van der Waals surface area contributed by atoms with Gasteiger partial charge in [0.05, 0.1) is 11.4 Å². The lowest BCUT2D eigenvalue weighted by Crippen LogP contribution is -2.26. The molecule has 0 bridgehead atoms. The summed E-state index contributed by atoms with van der Waals surface area (Å²) in [5.41, 5.74) is 8.17. The number of anilines is 2. The van der Waals surface area contributed by atoms with E-state index >= 15 is 0 Å². The molecule has 0 aliphatic heterocycles. The lowest BCUT2D eigenvalue weighted by molar-refractivity contribution is 0.631. The molecule has 0 spiro atoms. The molecule has 19 heavy (non-hydrogen) atoms. The van der Waals surface area contributed by atoms with E-state index < -0.39 is 0 Å². The fraction of sp³-hybridized carbons (Fsp3) is 0.250. The van der Waals surface area contributed by atoms with E-state index in [1.54, 1.807) is 6.07 Å². The molecular formula is C16H17FN2. The van der Waals surface area contributed by atoms with E-state index in [1.165, 1.54) is 11.6 Å². The van der Waals surface area contributed by atoms with Crippen molar-refractivity contribution in [2.45, 2.75) is 25.4 Å². The zero-order chi connectivity index (χ0) is 13.2. The van der Waals surface area contributed by atoms with Crippen LogP contribution in [-0.4, -0.2) is 6.04 Å². The third-order valence-corrected chi connectivity index (χ3v) is 3.52. The van der Waals surface area contributed by atoms with Gasteiger partial charge < -0.3 is 10.6 Å². The monoisotopic (exact) mass is 256 g/mol. The highest BCUT2D eigenvalue weighted by molar-refractivity contribution is 5.69. The Bertz CT molecular complexity index is 564. The van der Waals surface area contributed by atoms with Crippen molar-refractivity contribution in [1.82, 2.24) is 0 Å². The lowest BCUT2D eigenvalue weighted by atomic mass is 10.1. The Morgan fingerprint density at radius 1 is 1.05 bits per heavy atom. The standard InChI is InChI=1S/C16H17FN2/c17-14-7-4-8-15(16(14)18)19(13-9-10-13)11-12-5-2-1-3-6-12/h1-8,13H,9-11,18H2. The van der Waals surface area contributed by atoms with Gasteiger partial charge in [-0.1, -0.05) is 36.4 Å². The fourth-order valence-electron chi connectivity index (χ4n) is 2.35. The third-order valence-electron chi connectivity index (χ3n) is 3.52. The highest BCUT2D eigenvalue weighted by Gasteiger charge is 2.30. The van der Waals surface area contributed by atoms with Gasteiger partial charge >= 0.3 is 0 Å². The number of nitrogen functional groups attached to an aromatic ring is 1. The van der Waals surface area contributed by atoms with Gasteiger partial charge in [-0.25, -0.2) is 4.39 Å². The molecule has 3 rings (SSSR count). The van der Waals surface area contributed by atoms with Crippen molar-refractivity contribution < 1.29 is 4.39 Å². The second-order valence-corrected chi connectivity index (χ2v) is 5.02. The first kappa shape index (κ1) is 12.0. The van der Waals surface area contributed by atoms with Crippen molar-refractivity contribution >= 4 is 11.4 Å². The fourth-order valence-corrected chi connectivity index (χ4v) is 2.35. The summed E-state index contributed by atoms with van der Waals surface area (Å²) >= 11 is 0. The van der Waals surface area contributed by atoms with Gasteiger partial charge in [0.25, 0.3) is 0 Å². The van der Waals surface area contributed by atoms with Gasteiger partial charge in [-0.3, -0.25) is 0 Å². The second-order valence-electron chi connectivity index (χ2n) is 5.02. The van der Waals surface area contributed by atoms with E-state index in [0.29, 0.717) is 6.04 Å². The van der Waals surface area contributed by atoms with Gasteiger partial charge in [-0.15, -0.1) is 0 Å². The van der Waals surface area contributed by atoms with Gasteiger partial charge in [0.2, 0.25) is 0 Å². The number of nitrogens with zero attached hydrogens (tertiary/aromatic N) is 1. The molecule has 2 aromatic carbocycles. The minimum atomic E-state index is -0.337. The second kappa shape index (κ2) is 4.92. The van der Waals surface area contributed by atoms with Gasteiger partial charge in [-0.05, 0) is 30.5 Å². The maximum absolute atomic E-state index is 13.6. The maximum atomic E-state index is 13.6. The number of para-hydroxylation sites is 1. The highest BCUT2D eigenvalue weighted by atomic mass is 19.1. The van der Waals surface area contributed by atoms with Crippen LogP contribution in [0.15, 0.2) is 48.5 Å². The Labute approximate surface area is 112 Å². The number of hydrogen-bond donors (Lipinski definition) is 1. The molecule has 1 fully saturated rings. The van der Waals surface area contributed by atoms with Crippen molar-refractivity contribution in [3.05, 3.63) is 59.9 Å². The van der Waals surface area contributed by atoms with Gasteiger partial charge in [0, 0.05) is 12.6 Å².